The number of benzene rings is 1. The number of guanidine groups is 1. The highest BCUT2D eigenvalue weighted by Gasteiger charge is 2.31. The van der Waals surface area contributed by atoms with Crippen molar-refractivity contribution in [3.8, 4) is 0 Å². The second-order valence-electron chi connectivity index (χ2n) is 9.33. The lowest BCUT2D eigenvalue weighted by Gasteiger charge is -2.25. The van der Waals surface area contributed by atoms with Crippen molar-refractivity contribution in [2.24, 2.45) is 27.9 Å². The molecule has 0 fully saturated rings. The highest BCUT2D eigenvalue weighted by molar-refractivity contribution is 5.95. The van der Waals surface area contributed by atoms with Crippen LogP contribution >= 0.6 is 0 Å². The van der Waals surface area contributed by atoms with Gasteiger partial charge in [0.1, 0.15) is 24.2 Å². The molecule has 1 heterocycles. The normalized spacial score (nSPS) is 13.8. The van der Waals surface area contributed by atoms with Crippen molar-refractivity contribution in [3.63, 3.8) is 0 Å². The third kappa shape index (κ3) is 10.4. The lowest BCUT2D eigenvalue weighted by molar-refractivity contribution is -0.142. The smallest absolute Gasteiger partial charge is 0.326 e. The molecule has 0 radical (unpaired) electrons. The second kappa shape index (κ2) is 15.8. The average Bonchev–Trinajstić information content (AvgIpc) is 3.33. The monoisotopic (exact) mass is 575 g/mol. The summed E-state index contributed by atoms with van der Waals surface area (Å²) in [7, 11) is 0. The molecule has 16 nitrogen and oxygen atoms in total. The maximum atomic E-state index is 13.4. The molecule has 2 aromatic rings. The van der Waals surface area contributed by atoms with Crippen LogP contribution in [0.4, 0.5) is 0 Å². The zero-order valence-electron chi connectivity index (χ0n) is 22.3. The van der Waals surface area contributed by atoms with E-state index in [2.05, 4.69) is 25.9 Å². The van der Waals surface area contributed by atoms with Crippen LogP contribution in [-0.4, -0.2) is 88.1 Å². The van der Waals surface area contributed by atoms with E-state index < -0.39 is 60.4 Å². The molecule has 0 aliphatic rings. The summed E-state index contributed by atoms with van der Waals surface area (Å²) in [5, 5.41) is 26.9. The van der Waals surface area contributed by atoms with Gasteiger partial charge in [0.25, 0.3) is 0 Å². The number of carboxylic acids is 1. The first-order valence-corrected chi connectivity index (χ1v) is 12.8. The van der Waals surface area contributed by atoms with Crippen molar-refractivity contribution in [2.75, 3.05) is 13.2 Å². The van der Waals surface area contributed by atoms with Crippen molar-refractivity contribution in [3.05, 3.63) is 36.0 Å². The molecule has 16 heteroatoms. The van der Waals surface area contributed by atoms with E-state index in [0.29, 0.717) is 5.56 Å². The third-order valence-electron chi connectivity index (χ3n) is 6.14. The molecule has 0 bridgehead atoms. The van der Waals surface area contributed by atoms with Gasteiger partial charge in [-0.2, -0.15) is 0 Å². The van der Waals surface area contributed by atoms with Gasteiger partial charge in [-0.1, -0.05) is 18.2 Å². The number of nitrogens with one attached hydrogen (secondary N) is 4. The second-order valence-corrected chi connectivity index (χ2v) is 9.33. The Morgan fingerprint density at radius 3 is 2.17 bits per heavy atom. The summed E-state index contributed by atoms with van der Waals surface area (Å²) < 4.78 is 0. The number of aliphatic carboxylic acids is 1. The highest BCUT2D eigenvalue weighted by Crippen LogP contribution is 2.19. The molecule has 0 saturated heterocycles. The van der Waals surface area contributed by atoms with E-state index in [1.807, 2.05) is 18.2 Å². The fraction of sp³-hybridized carbons (Fsp3) is 0.440. The predicted molar refractivity (Wildman–Crippen MR) is 149 cm³/mol. The largest absolute Gasteiger partial charge is 0.480 e. The minimum atomic E-state index is -1.33. The Kier molecular flexibility index (Phi) is 12.5. The molecule has 14 N–H and O–H groups in total. The number of carbonyl (C=O) groups excluding carboxylic acids is 4. The number of nitrogens with two attached hydrogens (primary N) is 4. The van der Waals surface area contributed by atoms with E-state index in [0.717, 1.165) is 10.9 Å². The Hall–Kier alpha value is -4.70. The van der Waals surface area contributed by atoms with Crippen molar-refractivity contribution in [1.29, 1.82) is 0 Å². The first kappa shape index (κ1) is 32.5. The number of aliphatic imine (C=N–C) groups is 1. The number of primary amides is 1. The lowest BCUT2D eigenvalue weighted by atomic mass is 10.0. The summed E-state index contributed by atoms with van der Waals surface area (Å²) in [4.78, 5) is 69.0. The van der Waals surface area contributed by atoms with Gasteiger partial charge in [0.15, 0.2) is 5.96 Å². The number of rotatable bonds is 17. The number of H-pyrrole nitrogens is 1. The summed E-state index contributed by atoms with van der Waals surface area (Å²) in [6, 6.07) is 1.98. The van der Waals surface area contributed by atoms with Crippen molar-refractivity contribution >= 4 is 46.5 Å². The fourth-order valence-electron chi connectivity index (χ4n) is 3.95. The Bertz CT molecular complexity index is 1260. The van der Waals surface area contributed by atoms with Crippen LogP contribution in [0.3, 0.4) is 0 Å². The van der Waals surface area contributed by atoms with Gasteiger partial charge in [0, 0.05) is 36.5 Å². The van der Waals surface area contributed by atoms with Crippen LogP contribution in [0.1, 0.15) is 31.2 Å². The number of hydrogen-bond acceptors (Lipinski definition) is 8. The number of hydrogen-bond donors (Lipinski definition) is 10. The van der Waals surface area contributed by atoms with Gasteiger partial charge in [0.2, 0.25) is 23.6 Å². The highest BCUT2D eigenvalue weighted by atomic mass is 16.4. The van der Waals surface area contributed by atoms with Crippen LogP contribution in [0.25, 0.3) is 10.9 Å². The van der Waals surface area contributed by atoms with E-state index in [4.69, 9.17) is 22.9 Å². The van der Waals surface area contributed by atoms with Crippen LogP contribution in [0.15, 0.2) is 35.5 Å². The number of aromatic amines is 1. The topological polar surface area (TPSA) is 294 Å². The summed E-state index contributed by atoms with van der Waals surface area (Å²) >= 11 is 0. The minimum Gasteiger partial charge on any atom is -0.480 e. The number of nitrogens with zero attached hydrogens (tertiary/aromatic N) is 1. The molecule has 0 aliphatic carbocycles. The Balaban J connectivity index is 2.31. The molecule has 1 aromatic carbocycles. The zero-order valence-corrected chi connectivity index (χ0v) is 22.3. The molecule has 4 atom stereocenters. The molecule has 224 valence electrons. The van der Waals surface area contributed by atoms with Crippen LogP contribution < -0.4 is 38.9 Å². The minimum absolute atomic E-state index is 0.00193. The average molecular weight is 576 g/mol. The van der Waals surface area contributed by atoms with Crippen LogP contribution in [-0.2, 0) is 30.4 Å². The zero-order chi connectivity index (χ0) is 30.5. The van der Waals surface area contributed by atoms with E-state index in [1.54, 1.807) is 12.3 Å². The van der Waals surface area contributed by atoms with Gasteiger partial charge in [-0.15, -0.1) is 0 Å². The quantitative estimate of drug-likeness (QED) is 0.0514. The van der Waals surface area contributed by atoms with Gasteiger partial charge in [0.05, 0.1) is 6.61 Å². The molecule has 2 rings (SSSR count). The maximum absolute atomic E-state index is 13.4. The van der Waals surface area contributed by atoms with Crippen molar-refractivity contribution < 1.29 is 34.2 Å². The molecule has 41 heavy (non-hydrogen) atoms. The molecule has 0 aliphatic heterocycles. The number of aliphatic hydroxyl groups is 1. The predicted octanol–water partition coefficient (Wildman–Crippen LogP) is -3.11. The molecule has 1 aromatic heterocycles. The maximum Gasteiger partial charge on any atom is 0.326 e. The molecule has 0 spiro atoms. The summed E-state index contributed by atoms with van der Waals surface area (Å²) in [5.41, 5.74) is 22.7. The first-order chi connectivity index (χ1) is 19.4. The lowest BCUT2D eigenvalue weighted by Crippen LogP contribution is -2.58. The number of para-hydroxylation sites is 1. The molecular weight excluding hydrogens is 538 g/mol. The fourth-order valence-corrected chi connectivity index (χ4v) is 3.95. The van der Waals surface area contributed by atoms with Gasteiger partial charge in [-0.3, -0.25) is 24.2 Å². The first-order valence-electron chi connectivity index (χ1n) is 12.8. The van der Waals surface area contributed by atoms with Gasteiger partial charge < -0.3 is 54.1 Å². The van der Waals surface area contributed by atoms with Crippen LogP contribution in [0.2, 0.25) is 0 Å². The van der Waals surface area contributed by atoms with Crippen LogP contribution in [0, 0.1) is 0 Å². The van der Waals surface area contributed by atoms with Crippen molar-refractivity contribution in [1.82, 2.24) is 20.9 Å². The Labute approximate surface area is 235 Å². The molecule has 4 unspecified atom stereocenters. The summed E-state index contributed by atoms with van der Waals surface area (Å²) in [6.45, 7) is -0.546. The number of aliphatic hydroxyl groups excluding tert-OH is 1. The van der Waals surface area contributed by atoms with E-state index in [-0.39, 0.29) is 44.6 Å². The SMILES string of the molecule is NC(=O)CCC(NC(=O)C(N)CO)C(=O)NC(Cc1c[nH]c2ccccc12)C(=O)NC(CCCN=C(N)N)C(=O)O. The van der Waals surface area contributed by atoms with E-state index >= 15 is 0 Å². The standard InChI is InChI=1S/C25H37N9O7/c26-15(12-35)21(37)32-17(7-8-20(27)36)22(38)34-19(10-13-11-31-16-5-2-1-4-14(13)16)23(39)33-18(24(40)41)6-3-9-30-25(28)29/h1-2,4-5,11,15,17-19,31,35H,3,6-10,12,26H2,(H2,27,36)(H,32,37)(H,33,39)(H,34,38)(H,40,41)(H4,28,29,30). The summed E-state index contributed by atoms with van der Waals surface area (Å²) in [5.74, 6) is -4.69. The Morgan fingerprint density at radius 1 is 0.902 bits per heavy atom. The van der Waals surface area contributed by atoms with Crippen molar-refractivity contribution in [2.45, 2.75) is 56.3 Å². The van der Waals surface area contributed by atoms with Gasteiger partial charge in [-0.25, -0.2) is 4.79 Å². The molecule has 4 amide bonds. The number of carbonyl (C=O) groups is 5. The number of aromatic nitrogens is 1. The number of carboxylic acid groups (broad SMARTS) is 1. The van der Waals surface area contributed by atoms with E-state index in [1.165, 1.54) is 0 Å². The molecular formula is C25H37N9O7. The van der Waals surface area contributed by atoms with Gasteiger partial charge >= 0.3 is 5.97 Å². The molecule has 0 saturated carbocycles. The summed E-state index contributed by atoms with van der Waals surface area (Å²) in [6.07, 6.45) is 1.38. The van der Waals surface area contributed by atoms with E-state index in [9.17, 15) is 34.2 Å². The number of amides is 4. The van der Waals surface area contributed by atoms with Gasteiger partial charge in [-0.05, 0) is 30.9 Å². The third-order valence-corrected chi connectivity index (χ3v) is 6.14. The van der Waals surface area contributed by atoms with Crippen LogP contribution in [0.5, 0.6) is 0 Å². The Morgan fingerprint density at radius 2 is 1.54 bits per heavy atom. The number of fused-ring (bicyclic) bond motifs is 1.